The fourth-order valence-electron chi connectivity index (χ4n) is 5.95. The number of aliphatic hydroxyl groups is 2. The zero-order valence-electron chi connectivity index (χ0n) is 20.7. The molecule has 1 aromatic carbocycles. The highest BCUT2D eigenvalue weighted by Crippen LogP contribution is 2.63. The Balaban J connectivity index is 1.56. The number of phenolic OH excluding ortho intramolecular Hbond substituents is 1. The third-order valence-corrected chi connectivity index (χ3v) is 7.66. The lowest BCUT2D eigenvalue weighted by molar-refractivity contribution is -0.174. The van der Waals surface area contributed by atoms with Crippen LogP contribution < -0.4 is 10.1 Å². The molecular formula is C25H29NO12. The van der Waals surface area contributed by atoms with Crippen molar-refractivity contribution in [3.8, 4) is 11.5 Å². The summed E-state index contributed by atoms with van der Waals surface area (Å²) in [5.74, 6) is -5.77. The van der Waals surface area contributed by atoms with E-state index in [1.807, 2.05) is 6.92 Å². The number of phenols is 1. The number of rotatable bonds is 10. The molecule has 13 nitrogen and oxygen atoms in total. The number of nitrogens with one attached hydrogen (secondary N) is 1. The van der Waals surface area contributed by atoms with Crippen molar-refractivity contribution in [1.82, 2.24) is 5.32 Å². The molecule has 0 spiro atoms. The van der Waals surface area contributed by atoms with Crippen molar-refractivity contribution in [3.05, 3.63) is 35.1 Å². The van der Waals surface area contributed by atoms with Crippen molar-refractivity contribution in [2.24, 2.45) is 0 Å². The van der Waals surface area contributed by atoms with Gasteiger partial charge in [-0.05, 0) is 37.6 Å². The normalized spacial score (nSPS) is 28.3. The molecule has 6 N–H and O–H groups in total. The quantitative estimate of drug-likeness (QED) is 0.213. The molecule has 2 aliphatic carbocycles. The van der Waals surface area contributed by atoms with E-state index < -0.39 is 66.0 Å². The minimum absolute atomic E-state index is 0.0229. The van der Waals surface area contributed by atoms with Gasteiger partial charge in [0.2, 0.25) is 6.10 Å². The topological polar surface area (TPSA) is 209 Å². The maximum absolute atomic E-state index is 12.7. The van der Waals surface area contributed by atoms with Gasteiger partial charge in [-0.3, -0.25) is 9.59 Å². The summed E-state index contributed by atoms with van der Waals surface area (Å²) < 4.78 is 16.1. The first-order valence-corrected chi connectivity index (χ1v) is 12.0. The highest BCUT2D eigenvalue weighted by atomic mass is 16.6. The van der Waals surface area contributed by atoms with Gasteiger partial charge in [0.1, 0.15) is 5.76 Å². The number of aromatic hydroxyl groups is 1. The molecule has 6 atom stereocenters. The summed E-state index contributed by atoms with van der Waals surface area (Å²) >= 11 is 0. The Morgan fingerprint density at radius 2 is 1.92 bits per heavy atom. The molecule has 1 aliphatic heterocycles. The highest BCUT2D eigenvalue weighted by Gasteiger charge is 2.69. The van der Waals surface area contributed by atoms with Crippen molar-refractivity contribution in [2.45, 2.75) is 74.4 Å². The van der Waals surface area contributed by atoms with Crippen LogP contribution in [0.3, 0.4) is 0 Å². The van der Waals surface area contributed by atoms with Gasteiger partial charge in [-0.2, -0.15) is 0 Å². The number of carbonyl (C=O) groups is 4. The molecule has 1 aromatic rings. The molecule has 0 aromatic heterocycles. The SMILES string of the molecule is CC[C@]12c3c4ccc(O)c3O[C@H]1C(OC(=O)C[C@H](O)C(=O)O[C@@H](CC(=O)O)C(=O)O)=CC[C@@]2(O)[C@H](NC)C4. The number of hydrogen-bond acceptors (Lipinski definition) is 11. The maximum Gasteiger partial charge on any atom is 0.345 e. The zero-order valence-corrected chi connectivity index (χ0v) is 20.7. The third-order valence-electron chi connectivity index (χ3n) is 7.66. The Morgan fingerprint density at radius 3 is 2.53 bits per heavy atom. The first-order valence-electron chi connectivity index (χ1n) is 12.0. The van der Waals surface area contributed by atoms with Gasteiger partial charge in [0.25, 0.3) is 0 Å². The second kappa shape index (κ2) is 9.89. The summed E-state index contributed by atoms with van der Waals surface area (Å²) in [7, 11) is 1.73. The van der Waals surface area contributed by atoms with Gasteiger partial charge in [0, 0.05) is 18.0 Å². The van der Waals surface area contributed by atoms with Gasteiger partial charge in [-0.25, -0.2) is 9.59 Å². The number of carboxylic acids is 2. The number of ether oxygens (including phenoxy) is 3. The summed E-state index contributed by atoms with van der Waals surface area (Å²) in [6, 6.07) is 2.88. The van der Waals surface area contributed by atoms with E-state index in [0.717, 1.165) is 5.56 Å². The van der Waals surface area contributed by atoms with Crippen LogP contribution in [0.15, 0.2) is 24.0 Å². The number of esters is 2. The molecule has 0 saturated carbocycles. The smallest absolute Gasteiger partial charge is 0.345 e. The lowest BCUT2D eigenvalue weighted by Gasteiger charge is -2.56. The van der Waals surface area contributed by atoms with Gasteiger partial charge >= 0.3 is 23.9 Å². The maximum atomic E-state index is 12.7. The molecular weight excluding hydrogens is 506 g/mol. The molecule has 0 fully saturated rings. The molecule has 206 valence electrons. The van der Waals surface area contributed by atoms with Gasteiger partial charge < -0.3 is 45.1 Å². The predicted molar refractivity (Wildman–Crippen MR) is 125 cm³/mol. The van der Waals surface area contributed by atoms with Gasteiger partial charge in [-0.15, -0.1) is 0 Å². The Bertz CT molecular complexity index is 1210. The molecule has 0 unspecified atom stereocenters. The number of carbonyl (C=O) groups excluding carboxylic acids is 2. The number of hydrogen-bond donors (Lipinski definition) is 6. The van der Waals surface area contributed by atoms with Crippen molar-refractivity contribution in [2.75, 3.05) is 7.05 Å². The molecule has 4 rings (SSSR count). The van der Waals surface area contributed by atoms with Crippen LogP contribution in [0.5, 0.6) is 11.5 Å². The summed E-state index contributed by atoms with van der Waals surface area (Å²) in [5.41, 5.74) is -0.938. The molecule has 0 radical (unpaired) electrons. The van der Waals surface area contributed by atoms with Crippen LogP contribution >= 0.6 is 0 Å². The molecule has 0 saturated heterocycles. The molecule has 13 heteroatoms. The minimum atomic E-state index is -2.12. The molecule has 3 aliphatic rings. The van der Waals surface area contributed by atoms with E-state index in [9.17, 15) is 34.5 Å². The van der Waals surface area contributed by atoms with Gasteiger partial charge in [0.15, 0.2) is 23.7 Å². The van der Waals surface area contributed by atoms with E-state index in [-0.39, 0.29) is 29.7 Å². The van der Waals surface area contributed by atoms with Crippen molar-refractivity contribution in [1.29, 1.82) is 0 Å². The molecule has 0 amide bonds. The van der Waals surface area contributed by atoms with E-state index in [2.05, 4.69) is 10.1 Å². The average molecular weight is 536 g/mol. The van der Waals surface area contributed by atoms with Crippen molar-refractivity contribution in [3.63, 3.8) is 0 Å². The Labute approximate surface area is 216 Å². The minimum Gasteiger partial charge on any atom is -0.504 e. The summed E-state index contributed by atoms with van der Waals surface area (Å²) in [6.45, 7) is 1.85. The third kappa shape index (κ3) is 4.16. The van der Waals surface area contributed by atoms with Crippen LogP contribution in [0, 0.1) is 0 Å². The summed E-state index contributed by atoms with van der Waals surface area (Å²) in [5, 5.41) is 53.5. The van der Waals surface area contributed by atoms with E-state index in [4.69, 9.17) is 19.7 Å². The van der Waals surface area contributed by atoms with Crippen molar-refractivity contribution < 1.29 is 58.9 Å². The second-order valence-corrected chi connectivity index (χ2v) is 9.61. The Morgan fingerprint density at radius 1 is 1.21 bits per heavy atom. The first-order chi connectivity index (χ1) is 17.9. The number of aliphatic hydroxyl groups excluding tert-OH is 1. The van der Waals surface area contributed by atoms with Gasteiger partial charge in [-0.1, -0.05) is 13.0 Å². The largest absolute Gasteiger partial charge is 0.504 e. The number of carboxylic acid groups (broad SMARTS) is 2. The number of likely N-dealkylation sites (N-methyl/N-ethyl adjacent to an activating group) is 1. The average Bonchev–Trinajstić information content (AvgIpc) is 3.23. The Kier molecular flexibility index (Phi) is 7.12. The van der Waals surface area contributed by atoms with E-state index in [1.165, 1.54) is 12.1 Å². The number of aliphatic carboxylic acids is 2. The molecule has 0 bridgehead atoms. The van der Waals surface area contributed by atoms with Crippen LogP contribution in [-0.4, -0.2) is 86.4 Å². The van der Waals surface area contributed by atoms with Crippen LogP contribution in [-0.2, 0) is 40.5 Å². The van der Waals surface area contributed by atoms with E-state index in [0.29, 0.717) is 18.4 Å². The van der Waals surface area contributed by atoms with Crippen molar-refractivity contribution >= 4 is 23.9 Å². The van der Waals surface area contributed by atoms with Gasteiger partial charge in [0.05, 0.1) is 23.9 Å². The molecule has 38 heavy (non-hydrogen) atoms. The Hall–Kier alpha value is -3.68. The lowest BCUT2D eigenvalue weighted by Crippen LogP contribution is -2.70. The van der Waals surface area contributed by atoms with Crippen LogP contribution in [0.25, 0.3) is 0 Å². The number of benzene rings is 1. The lowest BCUT2D eigenvalue weighted by atomic mass is 9.52. The fourth-order valence-corrected chi connectivity index (χ4v) is 5.95. The summed E-state index contributed by atoms with van der Waals surface area (Å²) in [6.07, 6.45) is -4.74. The predicted octanol–water partition coefficient (Wildman–Crippen LogP) is -0.271. The van der Waals surface area contributed by atoms with Crippen LogP contribution in [0.4, 0.5) is 0 Å². The highest BCUT2D eigenvalue weighted by molar-refractivity contribution is 5.86. The fraction of sp³-hybridized carbons (Fsp3) is 0.520. The second-order valence-electron chi connectivity index (χ2n) is 9.61. The van der Waals surface area contributed by atoms with E-state index in [1.54, 1.807) is 13.1 Å². The molecule has 1 heterocycles. The standard InChI is InChI=1S/C25H29NO12/c1-3-24-19-11-4-5-12(27)20(19)38-21(24)14(6-7-25(24,35)16(8-11)26-2)36-18(31)9-13(28)23(34)37-15(22(32)33)10-17(29)30/h4-6,13,15-16,21,26-28,35H,3,7-10H2,1-2H3,(H,29,30)(H,32,33)/t13-,15-,16+,21-,24-,25+/m0/s1. The van der Waals surface area contributed by atoms with Crippen LogP contribution in [0.2, 0.25) is 0 Å². The monoisotopic (exact) mass is 535 g/mol. The van der Waals surface area contributed by atoms with E-state index >= 15 is 0 Å². The first kappa shape index (κ1) is 27.4. The van der Waals surface area contributed by atoms with Crippen LogP contribution in [0.1, 0.15) is 43.7 Å². The summed E-state index contributed by atoms with van der Waals surface area (Å²) in [4.78, 5) is 46.7. The zero-order chi connectivity index (χ0) is 28.0.